The minimum Gasteiger partial charge on any atom is -0.366 e. The molecule has 0 atom stereocenters. The van der Waals surface area contributed by atoms with Crippen molar-refractivity contribution in [1.82, 2.24) is 4.98 Å². The average molecular weight is 215 g/mol. The molecular weight excluding hydrogens is 206 g/mol. The van der Waals surface area contributed by atoms with Crippen LogP contribution in [0.4, 0.5) is 0 Å². The summed E-state index contributed by atoms with van der Waals surface area (Å²) in [5.74, 6) is 5.05. The number of carbonyl (C=O) groups is 1. The van der Waals surface area contributed by atoms with Gasteiger partial charge in [0, 0.05) is 35.8 Å². The first-order chi connectivity index (χ1) is 7.74. The third-order valence-electron chi connectivity index (χ3n) is 1.66. The molecule has 0 aromatic carbocycles. The van der Waals surface area contributed by atoms with Crippen molar-refractivity contribution in [3.63, 3.8) is 0 Å². The lowest BCUT2D eigenvalue weighted by Crippen LogP contribution is -2.11. The molecule has 2 N–H and O–H groups in total. The van der Waals surface area contributed by atoms with Gasteiger partial charge < -0.3 is 5.73 Å². The Hall–Kier alpha value is -2.51. The van der Waals surface area contributed by atoms with Crippen LogP contribution in [-0.2, 0) is 0 Å². The Labute approximate surface area is 92.1 Å². The van der Waals surface area contributed by atoms with E-state index in [0.717, 1.165) is 0 Å². The lowest BCUT2D eigenvalue weighted by atomic mass is 10.2. The van der Waals surface area contributed by atoms with Crippen LogP contribution in [0.25, 0.3) is 10.4 Å². The Bertz CT molecular complexity index is 493. The number of pyridine rings is 1. The highest BCUT2D eigenvalue weighted by molar-refractivity contribution is 5.92. The van der Waals surface area contributed by atoms with E-state index in [2.05, 4.69) is 26.9 Å². The summed E-state index contributed by atoms with van der Waals surface area (Å²) in [5, 5.41) is 3.34. The maximum absolute atomic E-state index is 10.8. The zero-order valence-electron chi connectivity index (χ0n) is 8.42. The van der Waals surface area contributed by atoms with Crippen LogP contribution < -0.4 is 5.73 Å². The molecule has 0 bridgehead atoms. The topological polar surface area (TPSA) is 105 Å². The largest absolute Gasteiger partial charge is 0.366 e. The van der Waals surface area contributed by atoms with Gasteiger partial charge in [-0.2, -0.15) is 0 Å². The Kier molecular flexibility index (Phi) is 4.38. The quantitative estimate of drug-likeness (QED) is 0.269. The Morgan fingerprint density at radius 1 is 1.62 bits per heavy atom. The summed E-state index contributed by atoms with van der Waals surface area (Å²) in [7, 11) is 0. The number of hydrogen-bond acceptors (Lipinski definition) is 3. The Morgan fingerprint density at radius 2 is 2.44 bits per heavy atom. The van der Waals surface area contributed by atoms with Crippen molar-refractivity contribution >= 4 is 5.91 Å². The molecule has 1 rings (SSSR count). The minimum absolute atomic E-state index is 0.321. The number of amides is 1. The highest BCUT2D eigenvalue weighted by Crippen LogP contribution is 2.00. The fourth-order valence-electron chi connectivity index (χ4n) is 0.958. The number of hydrogen-bond donors (Lipinski definition) is 1. The predicted octanol–water partition coefficient (Wildman–Crippen LogP) is 1.23. The van der Waals surface area contributed by atoms with Crippen LogP contribution in [0, 0.1) is 11.8 Å². The van der Waals surface area contributed by atoms with E-state index in [4.69, 9.17) is 11.3 Å². The van der Waals surface area contributed by atoms with Crippen molar-refractivity contribution in [3.05, 3.63) is 40.0 Å². The molecular formula is C10H9N5O. The van der Waals surface area contributed by atoms with Crippen molar-refractivity contribution in [1.29, 1.82) is 0 Å². The summed E-state index contributed by atoms with van der Waals surface area (Å²) in [4.78, 5) is 17.3. The second kappa shape index (κ2) is 6.06. The van der Waals surface area contributed by atoms with Gasteiger partial charge in [-0.1, -0.05) is 17.0 Å². The number of azide groups is 1. The minimum atomic E-state index is -0.537. The number of nitrogens with zero attached hydrogens (tertiary/aromatic N) is 4. The molecule has 0 aliphatic rings. The van der Waals surface area contributed by atoms with E-state index in [1.165, 1.54) is 12.4 Å². The highest BCUT2D eigenvalue weighted by Gasteiger charge is 1.99. The molecule has 0 unspecified atom stereocenters. The molecule has 1 aromatic heterocycles. The van der Waals surface area contributed by atoms with E-state index in [9.17, 15) is 4.79 Å². The standard InChI is InChI=1S/C10H9N5O/c11-10(16)9-5-8(6-13-7-9)3-1-2-4-14-15-12/h5-7H,2,4H2,(H2,11,16). The smallest absolute Gasteiger partial charge is 0.250 e. The third-order valence-corrected chi connectivity index (χ3v) is 1.66. The van der Waals surface area contributed by atoms with Crippen LogP contribution in [-0.4, -0.2) is 17.4 Å². The van der Waals surface area contributed by atoms with E-state index in [0.29, 0.717) is 24.1 Å². The van der Waals surface area contributed by atoms with Crippen molar-refractivity contribution in [2.75, 3.05) is 6.54 Å². The van der Waals surface area contributed by atoms with E-state index in [1.54, 1.807) is 6.07 Å². The second-order valence-corrected chi connectivity index (χ2v) is 2.83. The van der Waals surface area contributed by atoms with Crippen LogP contribution in [0.3, 0.4) is 0 Å². The molecule has 1 heterocycles. The maximum Gasteiger partial charge on any atom is 0.250 e. The first kappa shape index (κ1) is 11.6. The summed E-state index contributed by atoms with van der Waals surface area (Å²) < 4.78 is 0. The van der Waals surface area contributed by atoms with Gasteiger partial charge in [0.15, 0.2) is 0 Å². The number of rotatable bonds is 3. The summed E-state index contributed by atoms with van der Waals surface area (Å²) >= 11 is 0. The van der Waals surface area contributed by atoms with Crippen LogP contribution in [0.5, 0.6) is 0 Å². The van der Waals surface area contributed by atoms with Crippen molar-refractivity contribution in [3.8, 4) is 11.8 Å². The Morgan fingerprint density at radius 3 is 3.12 bits per heavy atom. The van der Waals surface area contributed by atoms with Crippen LogP contribution in [0.2, 0.25) is 0 Å². The molecule has 1 amide bonds. The van der Waals surface area contributed by atoms with Gasteiger partial charge in [0.25, 0.3) is 0 Å². The molecule has 0 saturated heterocycles. The summed E-state index contributed by atoms with van der Waals surface area (Å²) in [6, 6.07) is 1.57. The number of nitrogens with two attached hydrogens (primary N) is 1. The zero-order chi connectivity index (χ0) is 11.8. The van der Waals surface area contributed by atoms with Gasteiger partial charge in [-0.15, -0.1) is 0 Å². The van der Waals surface area contributed by atoms with Crippen molar-refractivity contribution < 1.29 is 4.79 Å². The molecule has 0 aliphatic carbocycles. The molecule has 1 aromatic rings. The monoisotopic (exact) mass is 215 g/mol. The molecule has 16 heavy (non-hydrogen) atoms. The first-order valence-corrected chi connectivity index (χ1v) is 4.48. The summed E-state index contributed by atoms with van der Waals surface area (Å²) in [6.45, 7) is 0.326. The first-order valence-electron chi connectivity index (χ1n) is 4.48. The highest BCUT2D eigenvalue weighted by atomic mass is 16.1. The van der Waals surface area contributed by atoms with Crippen LogP contribution >= 0.6 is 0 Å². The fraction of sp³-hybridized carbons (Fsp3) is 0.200. The molecule has 6 heteroatoms. The van der Waals surface area contributed by atoms with E-state index < -0.39 is 5.91 Å². The summed E-state index contributed by atoms with van der Waals surface area (Å²) in [6.07, 6.45) is 3.38. The molecule has 0 fully saturated rings. The number of carbonyl (C=O) groups excluding carboxylic acids is 1. The lowest BCUT2D eigenvalue weighted by Gasteiger charge is -1.94. The van der Waals surface area contributed by atoms with Gasteiger partial charge in [-0.25, -0.2) is 0 Å². The van der Waals surface area contributed by atoms with Gasteiger partial charge in [0.2, 0.25) is 5.91 Å². The van der Waals surface area contributed by atoms with Crippen molar-refractivity contribution in [2.24, 2.45) is 10.8 Å². The number of aromatic nitrogens is 1. The lowest BCUT2D eigenvalue weighted by molar-refractivity contribution is 0.1000. The molecule has 0 aliphatic heterocycles. The van der Waals surface area contributed by atoms with E-state index in [1.807, 2.05) is 0 Å². The number of primary amides is 1. The predicted molar refractivity (Wildman–Crippen MR) is 58.3 cm³/mol. The SMILES string of the molecule is [N-]=[N+]=NCCC#Cc1cncc(C(N)=O)c1. The molecule has 80 valence electrons. The second-order valence-electron chi connectivity index (χ2n) is 2.83. The Balaban J connectivity index is 2.69. The van der Waals surface area contributed by atoms with E-state index in [-0.39, 0.29) is 0 Å². The van der Waals surface area contributed by atoms with Gasteiger partial charge in [-0.3, -0.25) is 9.78 Å². The van der Waals surface area contributed by atoms with Gasteiger partial charge in [0.05, 0.1) is 5.56 Å². The van der Waals surface area contributed by atoms with Crippen LogP contribution in [0.1, 0.15) is 22.3 Å². The molecule has 6 nitrogen and oxygen atoms in total. The maximum atomic E-state index is 10.8. The van der Waals surface area contributed by atoms with Crippen molar-refractivity contribution in [2.45, 2.75) is 6.42 Å². The van der Waals surface area contributed by atoms with Gasteiger partial charge in [0.1, 0.15) is 0 Å². The van der Waals surface area contributed by atoms with Gasteiger partial charge in [-0.05, 0) is 11.6 Å². The third kappa shape index (κ3) is 3.70. The van der Waals surface area contributed by atoms with E-state index >= 15 is 0 Å². The van der Waals surface area contributed by atoms with Gasteiger partial charge >= 0.3 is 0 Å². The zero-order valence-corrected chi connectivity index (χ0v) is 8.42. The molecule has 0 radical (unpaired) electrons. The summed E-state index contributed by atoms with van der Waals surface area (Å²) in [5.41, 5.74) is 14.1. The molecule has 0 spiro atoms. The molecule has 0 saturated carbocycles. The van der Waals surface area contributed by atoms with Crippen LogP contribution in [0.15, 0.2) is 23.6 Å². The average Bonchev–Trinajstić information content (AvgIpc) is 2.29. The fourth-order valence-corrected chi connectivity index (χ4v) is 0.958. The normalized spacial score (nSPS) is 8.50.